The van der Waals surface area contributed by atoms with Gasteiger partial charge in [-0.3, -0.25) is 4.79 Å². The van der Waals surface area contributed by atoms with Crippen molar-refractivity contribution < 1.29 is 19.4 Å². The third-order valence-corrected chi connectivity index (χ3v) is 4.39. The molecule has 0 heterocycles. The molecule has 23 heavy (non-hydrogen) atoms. The first-order chi connectivity index (χ1) is 11.1. The summed E-state index contributed by atoms with van der Waals surface area (Å²) in [5, 5.41) is 10.1. The number of hydrogen-bond acceptors (Lipinski definition) is 4. The maximum absolute atomic E-state index is 11.6. The van der Waals surface area contributed by atoms with Crippen molar-refractivity contribution in [2.75, 3.05) is 14.2 Å². The van der Waals surface area contributed by atoms with Crippen molar-refractivity contribution in [1.29, 1.82) is 0 Å². The maximum atomic E-state index is 11.6. The van der Waals surface area contributed by atoms with Crippen molar-refractivity contribution >= 4 is 5.97 Å². The molecule has 2 aromatic rings. The van der Waals surface area contributed by atoms with Gasteiger partial charge in [0, 0.05) is 5.56 Å². The van der Waals surface area contributed by atoms with E-state index in [1.54, 1.807) is 7.11 Å². The Kier molecular flexibility index (Phi) is 4.35. The molecule has 3 rings (SSSR count). The molecule has 0 bridgehead atoms. The molecule has 120 valence electrons. The molecule has 1 atom stereocenters. The SMILES string of the molecule is COC(=O)Cc1cc(-c2cccc3c2CC[C@@H]3O)ccc1OC. The highest BCUT2D eigenvalue weighted by Crippen LogP contribution is 2.38. The summed E-state index contributed by atoms with van der Waals surface area (Å²) >= 11 is 0. The lowest BCUT2D eigenvalue weighted by molar-refractivity contribution is -0.139. The highest BCUT2D eigenvalue weighted by atomic mass is 16.5. The molecule has 4 heteroatoms. The largest absolute Gasteiger partial charge is 0.496 e. The molecule has 2 aromatic carbocycles. The zero-order valence-corrected chi connectivity index (χ0v) is 13.3. The second-order valence-electron chi connectivity index (χ2n) is 5.71. The van der Waals surface area contributed by atoms with Crippen LogP contribution >= 0.6 is 0 Å². The van der Waals surface area contributed by atoms with E-state index in [-0.39, 0.29) is 18.5 Å². The van der Waals surface area contributed by atoms with Crippen molar-refractivity contribution in [3.8, 4) is 16.9 Å². The molecule has 0 saturated carbocycles. The average molecular weight is 312 g/mol. The predicted octanol–water partition coefficient (Wildman–Crippen LogP) is 3.06. The van der Waals surface area contributed by atoms with E-state index in [0.29, 0.717) is 5.75 Å². The minimum absolute atomic E-state index is 0.172. The fraction of sp³-hybridized carbons (Fsp3) is 0.316. The van der Waals surface area contributed by atoms with Gasteiger partial charge in [0.1, 0.15) is 5.75 Å². The lowest BCUT2D eigenvalue weighted by Gasteiger charge is -2.13. The Morgan fingerprint density at radius 1 is 1.26 bits per heavy atom. The van der Waals surface area contributed by atoms with Gasteiger partial charge in [-0.05, 0) is 47.2 Å². The van der Waals surface area contributed by atoms with E-state index in [1.165, 1.54) is 12.7 Å². The van der Waals surface area contributed by atoms with Crippen molar-refractivity contribution in [3.63, 3.8) is 0 Å². The molecule has 1 N–H and O–H groups in total. The molecule has 0 amide bonds. The summed E-state index contributed by atoms with van der Waals surface area (Å²) in [5.74, 6) is 0.376. The fourth-order valence-corrected chi connectivity index (χ4v) is 3.21. The summed E-state index contributed by atoms with van der Waals surface area (Å²) in [6, 6.07) is 11.8. The number of benzene rings is 2. The Hall–Kier alpha value is -2.33. The molecule has 0 saturated heterocycles. The Balaban J connectivity index is 2.04. The van der Waals surface area contributed by atoms with Crippen LogP contribution in [-0.4, -0.2) is 25.3 Å². The summed E-state index contributed by atoms with van der Waals surface area (Å²) in [5.41, 5.74) is 5.12. The third-order valence-electron chi connectivity index (χ3n) is 4.39. The van der Waals surface area contributed by atoms with Crippen LogP contribution in [0.4, 0.5) is 0 Å². The number of methoxy groups -OCH3 is 2. The lowest BCUT2D eigenvalue weighted by atomic mass is 9.94. The maximum Gasteiger partial charge on any atom is 0.310 e. The van der Waals surface area contributed by atoms with Crippen LogP contribution in [0.1, 0.15) is 29.2 Å². The van der Waals surface area contributed by atoms with Gasteiger partial charge in [0.2, 0.25) is 0 Å². The van der Waals surface area contributed by atoms with Gasteiger partial charge in [-0.2, -0.15) is 0 Å². The lowest BCUT2D eigenvalue weighted by Crippen LogP contribution is -2.06. The first-order valence-corrected chi connectivity index (χ1v) is 7.68. The van der Waals surface area contributed by atoms with E-state index in [2.05, 4.69) is 6.07 Å². The van der Waals surface area contributed by atoms with Crippen molar-refractivity contribution in [3.05, 3.63) is 53.1 Å². The minimum Gasteiger partial charge on any atom is -0.496 e. The number of esters is 1. The summed E-state index contributed by atoms with van der Waals surface area (Å²) in [7, 11) is 2.97. The van der Waals surface area contributed by atoms with E-state index in [4.69, 9.17) is 9.47 Å². The van der Waals surface area contributed by atoms with Crippen LogP contribution in [0.2, 0.25) is 0 Å². The first-order valence-electron chi connectivity index (χ1n) is 7.68. The summed E-state index contributed by atoms with van der Waals surface area (Å²) < 4.78 is 10.1. The number of carbonyl (C=O) groups excluding carboxylic acids is 1. The summed E-state index contributed by atoms with van der Waals surface area (Å²) in [6.07, 6.45) is 1.42. The van der Waals surface area contributed by atoms with Gasteiger partial charge in [-0.1, -0.05) is 24.3 Å². The van der Waals surface area contributed by atoms with Crippen LogP contribution in [0.5, 0.6) is 5.75 Å². The first kappa shape index (κ1) is 15.6. The molecule has 0 unspecified atom stereocenters. The third kappa shape index (κ3) is 2.94. The molecular weight excluding hydrogens is 292 g/mol. The van der Waals surface area contributed by atoms with Crippen LogP contribution < -0.4 is 4.74 Å². The standard InChI is InChI=1S/C19H20O4/c1-22-18-9-6-12(10-13(18)11-19(21)23-2)14-4-3-5-16-15(14)7-8-17(16)20/h3-6,9-10,17,20H,7-8,11H2,1-2H3/t17-/m0/s1. The molecule has 1 aliphatic rings. The molecule has 0 radical (unpaired) electrons. The van der Waals surface area contributed by atoms with Gasteiger partial charge in [0.05, 0.1) is 26.7 Å². The van der Waals surface area contributed by atoms with Gasteiger partial charge in [0.25, 0.3) is 0 Å². The zero-order chi connectivity index (χ0) is 16.4. The van der Waals surface area contributed by atoms with Gasteiger partial charge >= 0.3 is 5.97 Å². The van der Waals surface area contributed by atoms with Gasteiger partial charge < -0.3 is 14.6 Å². The molecule has 0 fully saturated rings. The highest BCUT2D eigenvalue weighted by Gasteiger charge is 2.23. The fourth-order valence-electron chi connectivity index (χ4n) is 3.21. The van der Waals surface area contributed by atoms with E-state index < -0.39 is 0 Å². The molecule has 1 aliphatic carbocycles. The Morgan fingerprint density at radius 3 is 2.83 bits per heavy atom. The second kappa shape index (κ2) is 6.42. The molecule has 0 aromatic heterocycles. The van der Waals surface area contributed by atoms with Gasteiger partial charge in [-0.25, -0.2) is 0 Å². The number of ether oxygens (including phenoxy) is 2. The number of fused-ring (bicyclic) bond motifs is 1. The van der Waals surface area contributed by atoms with E-state index in [0.717, 1.165) is 35.1 Å². The van der Waals surface area contributed by atoms with E-state index in [1.807, 2.05) is 30.3 Å². The van der Waals surface area contributed by atoms with Crippen molar-refractivity contribution in [2.24, 2.45) is 0 Å². The molecule has 0 aliphatic heterocycles. The van der Waals surface area contributed by atoms with Crippen LogP contribution in [-0.2, 0) is 22.4 Å². The average Bonchev–Trinajstić information content (AvgIpc) is 2.96. The number of carbonyl (C=O) groups is 1. The predicted molar refractivity (Wildman–Crippen MR) is 87.4 cm³/mol. The van der Waals surface area contributed by atoms with Gasteiger partial charge in [0.15, 0.2) is 0 Å². The van der Waals surface area contributed by atoms with Crippen LogP contribution in [0.15, 0.2) is 36.4 Å². The van der Waals surface area contributed by atoms with Crippen LogP contribution in [0.3, 0.4) is 0 Å². The van der Waals surface area contributed by atoms with E-state index in [9.17, 15) is 9.90 Å². The topological polar surface area (TPSA) is 55.8 Å². The Bertz CT molecular complexity index is 736. The monoisotopic (exact) mass is 312 g/mol. The highest BCUT2D eigenvalue weighted by molar-refractivity contribution is 5.76. The zero-order valence-electron chi connectivity index (χ0n) is 13.3. The van der Waals surface area contributed by atoms with Gasteiger partial charge in [-0.15, -0.1) is 0 Å². The number of rotatable bonds is 4. The smallest absolute Gasteiger partial charge is 0.310 e. The Morgan fingerprint density at radius 2 is 2.09 bits per heavy atom. The summed E-state index contributed by atoms with van der Waals surface area (Å²) in [4.78, 5) is 11.6. The minimum atomic E-state index is -0.377. The molecular formula is C19H20O4. The summed E-state index contributed by atoms with van der Waals surface area (Å²) in [6.45, 7) is 0. The van der Waals surface area contributed by atoms with Crippen LogP contribution in [0.25, 0.3) is 11.1 Å². The number of hydrogen-bond donors (Lipinski definition) is 1. The van der Waals surface area contributed by atoms with Crippen molar-refractivity contribution in [1.82, 2.24) is 0 Å². The molecule has 4 nitrogen and oxygen atoms in total. The van der Waals surface area contributed by atoms with E-state index >= 15 is 0 Å². The number of aliphatic hydroxyl groups is 1. The quantitative estimate of drug-likeness (QED) is 0.882. The normalized spacial score (nSPS) is 16.0. The van der Waals surface area contributed by atoms with Crippen LogP contribution in [0, 0.1) is 0 Å². The molecule has 0 spiro atoms. The number of aliphatic hydroxyl groups excluding tert-OH is 1. The Labute approximate surface area is 135 Å². The van der Waals surface area contributed by atoms with Crippen molar-refractivity contribution in [2.45, 2.75) is 25.4 Å². The second-order valence-corrected chi connectivity index (χ2v) is 5.71.